The molecule has 0 heterocycles. The molecule has 0 saturated carbocycles. The molecule has 0 fully saturated rings. The number of hydrogen-bond donors (Lipinski definition) is 0. The molecule has 0 amide bonds. The average molecular weight is 619 g/mol. The Labute approximate surface area is 241 Å². The number of hydrogen-bond acceptors (Lipinski definition) is 0. The van der Waals surface area contributed by atoms with E-state index in [-0.39, 0.29) is 30.2 Å². The first-order chi connectivity index (χ1) is 16.1. The fourth-order valence-corrected chi connectivity index (χ4v) is 27.7. The van der Waals surface area contributed by atoms with Crippen LogP contribution in [0.4, 0.5) is 0 Å². The van der Waals surface area contributed by atoms with Crippen molar-refractivity contribution in [2.24, 2.45) is 0 Å². The summed E-state index contributed by atoms with van der Waals surface area (Å²) in [5, 5.41) is 0. The molecule has 0 spiro atoms. The average Bonchev–Trinajstić information content (AvgIpc) is 3.32. The predicted molar refractivity (Wildman–Crippen MR) is 150 cm³/mol. The van der Waals surface area contributed by atoms with Crippen LogP contribution in [-0.4, -0.2) is 5.43 Å². The van der Waals surface area contributed by atoms with E-state index in [2.05, 4.69) is 105 Å². The van der Waals surface area contributed by atoms with Gasteiger partial charge in [0.05, 0.1) is 0 Å². The van der Waals surface area contributed by atoms with Crippen molar-refractivity contribution in [3.8, 4) is 0 Å². The maximum Gasteiger partial charge on any atom is -1.00 e. The molecule has 0 aromatic heterocycles. The van der Waals surface area contributed by atoms with Gasteiger partial charge in [-0.25, -0.2) is 0 Å². The van der Waals surface area contributed by atoms with Crippen molar-refractivity contribution < 1.29 is 45.2 Å². The maximum absolute atomic E-state index is 2.65. The maximum atomic E-state index is 2.65. The summed E-state index contributed by atoms with van der Waals surface area (Å²) in [6.45, 7) is 24.5. The third kappa shape index (κ3) is 5.36. The summed E-state index contributed by atoms with van der Waals surface area (Å²) < 4.78 is 1.47. The number of fused-ring (bicyclic) bond motifs is 2. The summed E-state index contributed by atoms with van der Waals surface area (Å²) in [4.78, 5) is 0. The fourth-order valence-electron chi connectivity index (χ4n) is 6.54. The van der Waals surface area contributed by atoms with Crippen molar-refractivity contribution in [3.05, 3.63) is 79.9 Å². The van der Waals surface area contributed by atoms with Crippen LogP contribution in [0, 0.1) is 13.8 Å². The minimum Gasteiger partial charge on any atom is -1.00 e. The zero-order valence-electron chi connectivity index (χ0n) is 23.9. The summed E-state index contributed by atoms with van der Waals surface area (Å²) in [7, 11) is 0. The largest absolute Gasteiger partial charge is 1.00 e. The van der Waals surface area contributed by atoms with E-state index in [1.54, 1.807) is 44.5 Å². The van der Waals surface area contributed by atoms with Gasteiger partial charge in [-0.15, -0.1) is 0 Å². The van der Waals surface area contributed by atoms with Crippen LogP contribution in [0.3, 0.4) is 0 Å². The second-order valence-electron chi connectivity index (χ2n) is 11.3. The quantitative estimate of drug-likeness (QED) is 0.432. The van der Waals surface area contributed by atoms with Crippen molar-refractivity contribution in [1.29, 1.82) is 0 Å². The molecule has 0 aliphatic heterocycles. The Kier molecular flexibility index (Phi) is 11.2. The standard InChI is InChI=1S/2C15H19.C2H6Si.2ClH.Zr/c2*1-5-11(3)13-7-6-12(4)14-8-10(2)9-15(13)14;1-3-2;;;/h2*6-9,11H,5H2,1-4H3;1-2H3;2*1H;/q;;;;;+2/p-2. The van der Waals surface area contributed by atoms with E-state index in [0.717, 1.165) is 7.25 Å². The first-order valence-electron chi connectivity index (χ1n) is 13.4. The Morgan fingerprint density at radius 1 is 0.694 bits per heavy atom. The van der Waals surface area contributed by atoms with Crippen molar-refractivity contribution in [2.45, 2.75) is 100 Å². The Balaban J connectivity index is 0.00000228. The van der Waals surface area contributed by atoms with Crippen LogP contribution in [0.15, 0.2) is 35.4 Å². The van der Waals surface area contributed by atoms with Crippen molar-refractivity contribution in [3.63, 3.8) is 0 Å². The van der Waals surface area contributed by atoms with E-state index in [9.17, 15) is 0 Å². The van der Waals surface area contributed by atoms with Gasteiger partial charge >= 0.3 is 218 Å². The van der Waals surface area contributed by atoms with Gasteiger partial charge in [-0.3, -0.25) is 0 Å². The van der Waals surface area contributed by atoms with E-state index in [1.165, 1.54) is 24.0 Å². The van der Waals surface area contributed by atoms with Crippen molar-refractivity contribution in [2.75, 3.05) is 0 Å². The summed E-state index contributed by atoms with van der Waals surface area (Å²) in [5.41, 5.74) is 15.9. The van der Waals surface area contributed by atoms with Crippen LogP contribution >= 0.6 is 0 Å². The number of halogens is 2. The van der Waals surface area contributed by atoms with Gasteiger partial charge in [0, 0.05) is 0 Å². The second kappa shape index (κ2) is 12.6. The van der Waals surface area contributed by atoms with Gasteiger partial charge in [-0.1, -0.05) is 0 Å². The van der Waals surface area contributed by atoms with Gasteiger partial charge < -0.3 is 24.8 Å². The van der Waals surface area contributed by atoms with Crippen LogP contribution in [-0.2, 0) is 20.4 Å². The van der Waals surface area contributed by atoms with Gasteiger partial charge in [0.2, 0.25) is 0 Å². The fraction of sp³-hybridized carbons (Fsp3) is 0.500. The van der Waals surface area contributed by atoms with Crippen LogP contribution in [0.2, 0.25) is 13.1 Å². The molecule has 0 nitrogen and oxygen atoms in total. The minimum atomic E-state index is -2.00. The number of allylic oxidation sites excluding steroid dienone is 2. The number of rotatable bonds is 6. The van der Waals surface area contributed by atoms with E-state index in [4.69, 9.17) is 0 Å². The monoisotopic (exact) mass is 616 g/mol. The topological polar surface area (TPSA) is 0 Å². The molecule has 4 unspecified atom stereocenters. The summed E-state index contributed by atoms with van der Waals surface area (Å²) >= 11 is -2.00. The van der Waals surface area contributed by atoms with Gasteiger partial charge in [0.1, 0.15) is 0 Å². The zero-order valence-corrected chi connectivity index (χ0v) is 28.9. The van der Waals surface area contributed by atoms with E-state index in [0.29, 0.717) is 11.8 Å². The molecular weight excluding hydrogens is 575 g/mol. The molecule has 0 N–H and O–H groups in total. The Bertz CT molecular complexity index is 1140. The third-order valence-corrected chi connectivity index (χ3v) is 28.6. The molecule has 0 saturated heterocycles. The molecule has 2 aliphatic rings. The SMILES string of the molecule is CCC(C)c1ccc(C)c2c1C=C(C)[CH]2[Zr+2]([CH]1C(C)=Cc2c(C(C)CC)ccc(C)c21)=[Si](C)C.[Cl-].[Cl-]. The molecular formula is C32H44Cl2SiZr. The number of benzene rings is 2. The van der Waals surface area contributed by atoms with Gasteiger partial charge in [-0.2, -0.15) is 0 Å². The van der Waals surface area contributed by atoms with Crippen LogP contribution < -0.4 is 24.8 Å². The first kappa shape index (κ1) is 31.8. The first-order valence-corrected chi connectivity index (χ1v) is 22.4. The number of aryl methyl sites for hydroxylation is 2. The van der Waals surface area contributed by atoms with E-state index < -0.39 is 20.4 Å². The molecule has 2 aromatic rings. The van der Waals surface area contributed by atoms with Gasteiger partial charge in [0.25, 0.3) is 0 Å². The Morgan fingerprint density at radius 3 is 1.36 bits per heavy atom. The predicted octanol–water partition coefficient (Wildman–Crippen LogP) is 3.82. The van der Waals surface area contributed by atoms with Crippen molar-refractivity contribution >= 4 is 17.6 Å². The van der Waals surface area contributed by atoms with Gasteiger partial charge in [-0.05, 0) is 0 Å². The van der Waals surface area contributed by atoms with Crippen LogP contribution in [0.1, 0.15) is 118 Å². The normalized spacial score (nSPS) is 19.0. The van der Waals surface area contributed by atoms with Gasteiger partial charge in [0.15, 0.2) is 0 Å². The molecule has 4 atom stereocenters. The summed E-state index contributed by atoms with van der Waals surface area (Å²) in [6, 6.07) is 9.74. The van der Waals surface area contributed by atoms with Crippen LogP contribution in [0.25, 0.3) is 12.2 Å². The molecule has 0 bridgehead atoms. The Morgan fingerprint density at radius 2 is 1.06 bits per heavy atom. The molecule has 4 heteroatoms. The molecule has 2 aromatic carbocycles. The second-order valence-corrected chi connectivity index (χ2v) is 29.2. The molecule has 0 radical (unpaired) electrons. The zero-order chi connectivity index (χ0) is 24.9. The smallest absolute Gasteiger partial charge is 1.00 e. The minimum absolute atomic E-state index is 0. The molecule has 4 rings (SSSR count). The molecule has 36 heavy (non-hydrogen) atoms. The van der Waals surface area contributed by atoms with E-state index >= 15 is 0 Å². The van der Waals surface area contributed by atoms with Crippen molar-refractivity contribution in [1.82, 2.24) is 0 Å². The molecule has 194 valence electrons. The van der Waals surface area contributed by atoms with E-state index in [1.807, 2.05) is 0 Å². The molecule has 2 aliphatic carbocycles. The summed E-state index contributed by atoms with van der Waals surface area (Å²) in [5.74, 6) is 1.26. The third-order valence-electron chi connectivity index (χ3n) is 8.80. The Hall–Kier alpha value is -0.400. The summed E-state index contributed by atoms with van der Waals surface area (Å²) in [6.07, 6.45) is 7.64. The van der Waals surface area contributed by atoms with Crippen LogP contribution in [0.5, 0.6) is 0 Å².